The second-order valence-corrected chi connectivity index (χ2v) is 10.9. The zero-order valence-corrected chi connectivity index (χ0v) is 23.8. The topological polar surface area (TPSA) is 157 Å². The average molecular weight is 541 g/mol. The summed E-state index contributed by atoms with van der Waals surface area (Å²) in [6.45, 7) is 11.0. The fraction of sp³-hybridized carbons (Fsp3) is 0.679. The average Bonchev–Trinajstić information content (AvgIpc) is 2.81. The quantitative estimate of drug-likeness (QED) is 0.167. The molecule has 5 N–H and O–H groups in total. The molecule has 0 aliphatic carbocycles. The van der Waals surface area contributed by atoms with Crippen LogP contribution in [0.5, 0.6) is 0 Å². The molecule has 0 saturated carbocycles. The SMILES string of the molecule is CC(C)(C)OC(=O)[C@@H](N)CCCCO.CC(C)(C)OC(=O)[C@H](CCCCO)NC(=O)OCc1ccccc1. The van der Waals surface area contributed by atoms with Crippen LogP contribution in [0.3, 0.4) is 0 Å². The van der Waals surface area contributed by atoms with Crippen LogP contribution in [-0.2, 0) is 30.4 Å². The number of hydrogen-bond donors (Lipinski definition) is 4. The molecule has 2 atom stereocenters. The number of esters is 2. The van der Waals surface area contributed by atoms with Crippen LogP contribution < -0.4 is 11.1 Å². The van der Waals surface area contributed by atoms with Gasteiger partial charge in [-0.3, -0.25) is 4.79 Å². The number of rotatable bonds is 13. The van der Waals surface area contributed by atoms with E-state index in [0.717, 1.165) is 12.0 Å². The van der Waals surface area contributed by atoms with E-state index in [0.29, 0.717) is 32.1 Å². The van der Waals surface area contributed by atoms with Gasteiger partial charge in [-0.15, -0.1) is 0 Å². The third-order valence-electron chi connectivity index (χ3n) is 4.73. The molecular weight excluding hydrogens is 492 g/mol. The number of amides is 1. The summed E-state index contributed by atoms with van der Waals surface area (Å²) in [5, 5.41) is 20.0. The predicted molar refractivity (Wildman–Crippen MR) is 145 cm³/mol. The molecule has 0 aromatic heterocycles. The van der Waals surface area contributed by atoms with E-state index >= 15 is 0 Å². The molecule has 1 aromatic carbocycles. The first-order valence-corrected chi connectivity index (χ1v) is 13.1. The smallest absolute Gasteiger partial charge is 0.408 e. The van der Waals surface area contributed by atoms with Gasteiger partial charge >= 0.3 is 18.0 Å². The highest BCUT2D eigenvalue weighted by atomic mass is 16.6. The van der Waals surface area contributed by atoms with Gasteiger partial charge in [0.05, 0.1) is 0 Å². The van der Waals surface area contributed by atoms with E-state index in [-0.39, 0.29) is 25.8 Å². The lowest BCUT2D eigenvalue weighted by Gasteiger charge is -2.24. The predicted octanol–water partition coefficient (Wildman–Crippen LogP) is 3.60. The van der Waals surface area contributed by atoms with Gasteiger partial charge in [0.25, 0.3) is 0 Å². The van der Waals surface area contributed by atoms with E-state index < -0.39 is 35.3 Å². The molecule has 0 fully saturated rings. The van der Waals surface area contributed by atoms with E-state index in [9.17, 15) is 14.4 Å². The molecule has 218 valence electrons. The van der Waals surface area contributed by atoms with Gasteiger partial charge in [-0.25, -0.2) is 9.59 Å². The fourth-order valence-corrected chi connectivity index (χ4v) is 2.96. The number of carbonyl (C=O) groups excluding carboxylic acids is 3. The molecule has 0 unspecified atom stereocenters. The normalized spacial score (nSPS) is 12.9. The van der Waals surface area contributed by atoms with Crippen molar-refractivity contribution in [3.8, 4) is 0 Å². The van der Waals surface area contributed by atoms with E-state index in [2.05, 4.69) is 5.32 Å². The van der Waals surface area contributed by atoms with Crippen molar-refractivity contribution >= 4 is 18.0 Å². The molecule has 1 aromatic rings. The van der Waals surface area contributed by atoms with Crippen molar-refractivity contribution < 1.29 is 38.8 Å². The maximum atomic E-state index is 12.2. The van der Waals surface area contributed by atoms with Crippen LogP contribution in [0.2, 0.25) is 0 Å². The Morgan fingerprint density at radius 3 is 1.82 bits per heavy atom. The summed E-state index contributed by atoms with van der Waals surface area (Å²) in [7, 11) is 0. The molecule has 10 nitrogen and oxygen atoms in total. The molecule has 0 aliphatic heterocycles. The lowest BCUT2D eigenvalue weighted by atomic mass is 10.1. The summed E-state index contributed by atoms with van der Waals surface area (Å²) in [6, 6.07) is 7.92. The number of nitrogens with one attached hydrogen (secondary N) is 1. The number of alkyl carbamates (subject to hydrolysis) is 1. The molecule has 10 heteroatoms. The number of carbonyl (C=O) groups is 3. The summed E-state index contributed by atoms with van der Waals surface area (Å²) < 4.78 is 15.6. The third-order valence-corrected chi connectivity index (χ3v) is 4.73. The maximum absolute atomic E-state index is 12.2. The number of benzene rings is 1. The minimum Gasteiger partial charge on any atom is -0.459 e. The first-order valence-electron chi connectivity index (χ1n) is 13.1. The summed E-state index contributed by atoms with van der Waals surface area (Å²) in [5.41, 5.74) is 5.35. The first kappa shape index (κ1) is 35.3. The van der Waals surface area contributed by atoms with Crippen molar-refractivity contribution in [2.45, 2.75) is 110 Å². The third kappa shape index (κ3) is 19.4. The molecule has 1 rings (SSSR count). The lowest BCUT2D eigenvalue weighted by molar-refractivity contribution is -0.158. The minimum atomic E-state index is -0.793. The van der Waals surface area contributed by atoms with Gasteiger partial charge < -0.3 is 35.5 Å². The zero-order chi connectivity index (χ0) is 29.2. The van der Waals surface area contributed by atoms with Crippen LogP contribution in [0, 0.1) is 0 Å². The molecular formula is C28H48N2O8. The highest BCUT2D eigenvalue weighted by Gasteiger charge is 2.27. The number of aliphatic hydroxyl groups is 2. The van der Waals surface area contributed by atoms with Crippen LogP contribution in [0.15, 0.2) is 30.3 Å². The summed E-state index contributed by atoms with van der Waals surface area (Å²) >= 11 is 0. The second kappa shape index (κ2) is 18.5. The number of aliphatic hydroxyl groups excluding tert-OH is 2. The largest absolute Gasteiger partial charge is 0.459 e. The Labute approximate surface area is 227 Å². The number of nitrogens with two attached hydrogens (primary N) is 1. The summed E-state index contributed by atoms with van der Waals surface area (Å²) in [4.78, 5) is 35.5. The highest BCUT2D eigenvalue weighted by molar-refractivity contribution is 5.81. The standard InChI is InChI=1S/C18H27NO5.C10H21NO3/c1-18(2,3)24-16(21)15(11-7-8-12-20)19-17(22)23-13-14-9-5-4-6-10-14;1-10(2,3)14-9(13)8(11)6-4-5-7-12/h4-6,9-10,15,20H,7-8,11-13H2,1-3H3,(H,19,22);8,12H,4-7,11H2,1-3H3/t15-;8-/m00/s1. The molecule has 0 spiro atoms. The molecule has 0 aliphatic rings. The Morgan fingerprint density at radius 2 is 1.32 bits per heavy atom. The van der Waals surface area contributed by atoms with Crippen LogP contribution in [0.4, 0.5) is 4.79 Å². The highest BCUT2D eigenvalue weighted by Crippen LogP contribution is 2.12. The zero-order valence-electron chi connectivity index (χ0n) is 23.8. The Hall–Kier alpha value is -2.69. The molecule has 0 saturated heterocycles. The van der Waals surface area contributed by atoms with Crippen LogP contribution in [-0.4, -0.2) is 64.7 Å². The number of hydrogen-bond acceptors (Lipinski definition) is 9. The van der Waals surface area contributed by atoms with Crippen LogP contribution in [0.1, 0.15) is 85.6 Å². The van der Waals surface area contributed by atoms with E-state index in [1.807, 2.05) is 51.1 Å². The minimum absolute atomic E-state index is 0.0412. The molecule has 1 amide bonds. The van der Waals surface area contributed by atoms with Crippen LogP contribution >= 0.6 is 0 Å². The van der Waals surface area contributed by atoms with Crippen LogP contribution in [0.25, 0.3) is 0 Å². The van der Waals surface area contributed by atoms with E-state index in [1.54, 1.807) is 20.8 Å². The van der Waals surface area contributed by atoms with Crippen molar-refractivity contribution in [3.05, 3.63) is 35.9 Å². The monoisotopic (exact) mass is 540 g/mol. The van der Waals surface area contributed by atoms with Crippen molar-refractivity contribution in [2.75, 3.05) is 13.2 Å². The van der Waals surface area contributed by atoms with Crippen molar-refractivity contribution in [2.24, 2.45) is 5.73 Å². The van der Waals surface area contributed by atoms with Crippen molar-refractivity contribution in [1.82, 2.24) is 5.32 Å². The Kier molecular flexibility index (Phi) is 17.2. The van der Waals surface area contributed by atoms with Gasteiger partial charge in [-0.05, 0) is 85.6 Å². The van der Waals surface area contributed by atoms with E-state index in [4.69, 9.17) is 30.2 Å². The Bertz CT molecular complexity index is 803. The molecule has 0 bridgehead atoms. The van der Waals surface area contributed by atoms with E-state index in [1.165, 1.54) is 0 Å². The van der Waals surface area contributed by atoms with Gasteiger partial charge in [0, 0.05) is 13.2 Å². The van der Waals surface area contributed by atoms with Gasteiger partial charge in [0.2, 0.25) is 0 Å². The van der Waals surface area contributed by atoms with Crippen molar-refractivity contribution in [1.29, 1.82) is 0 Å². The van der Waals surface area contributed by atoms with Gasteiger partial charge in [-0.1, -0.05) is 30.3 Å². The molecule has 38 heavy (non-hydrogen) atoms. The van der Waals surface area contributed by atoms with Gasteiger partial charge in [0.15, 0.2) is 0 Å². The summed E-state index contributed by atoms with van der Waals surface area (Å²) in [5.74, 6) is -0.868. The number of unbranched alkanes of at least 4 members (excludes halogenated alkanes) is 2. The molecule has 0 radical (unpaired) electrons. The molecule has 0 heterocycles. The Morgan fingerprint density at radius 1 is 0.816 bits per heavy atom. The Balaban J connectivity index is 0.000000835. The van der Waals surface area contributed by atoms with Crippen molar-refractivity contribution in [3.63, 3.8) is 0 Å². The first-order chi connectivity index (χ1) is 17.7. The fourth-order valence-electron chi connectivity index (χ4n) is 2.96. The lowest BCUT2D eigenvalue weighted by Crippen LogP contribution is -2.44. The van der Waals surface area contributed by atoms with Gasteiger partial charge in [0.1, 0.15) is 29.9 Å². The summed E-state index contributed by atoms with van der Waals surface area (Å²) in [6.07, 6.45) is 2.86. The number of ether oxygens (including phenoxy) is 3. The maximum Gasteiger partial charge on any atom is 0.408 e. The van der Waals surface area contributed by atoms with Gasteiger partial charge in [-0.2, -0.15) is 0 Å². The second-order valence-electron chi connectivity index (χ2n) is 10.9.